The van der Waals surface area contributed by atoms with E-state index in [-0.39, 0.29) is 24.8 Å². The highest BCUT2D eigenvalue weighted by Gasteiger charge is 2.33. The number of hydrogen-bond donors (Lipinski definition) is 3. The molecule has 0 radical (unpaired) electrons. The Morgan fingerprint density at radius 2 is 1.85 bits per heavy atom. The molecule has 0 aliphatic carbocycles. The second kappa shape index (κ2) is 9.87. The number of aliphatic imine (C=N–C) groups is 1. The monoisotopic (exact) mass is 447 g/mol. The predicted octanol–water partition coefficient (Wildman–Crippen LogP) is 1.14. The predicted molar refractivity (Wildman–Crippen MR) is 125 cm³/mol. The molecule has 1 unspecified atom stereocenters. The summed E-state index contributed by atoms with van der Waals surface area (Å²) in [6, 6.07) is 11.9. The van der Waals surface area contributed by atoms with Gasteiger partial charge in [-0.1, -0.05) is 24.0 Å². The van der Waals surface area contributed by atoms with Crippen LogP contribution in [0.4, 0.5) is 5.69 Å². The number of carbonyl (C=O) groups is 3. The molecular formula is C24H25N5O4. The lowest BCUT2D eigenvalue weighted by atomic mass is 10.1. The van der Waals surface area contributed by atoms with Gasteiger partial charge in [-0.25, -0.2) is 4.99 Å². The van der Waals surface area contributed by atoms with Crippen LogP contribution in [0.1, 0.15) is 40.4 Å². The minimum absolute atomic E-state index is 0.0105. The van der Waals surface area contributed by atoms with Gasteiger partial charge in [-0.05, 0) is 42.8 Å². The quantitative estimate of drug-likeness (QED) is 0.356. The zero-order valence-electron chi connectivity index (χ0n) is 18.4. The number of benzene rings is 2. The Hall–Kier alpha value is -4.32. The number of fused-ring (bicyclic) bond motifs is 1. The molecular weight excluding hydrogens is 422 g/mol. The van der Waals surface area contributed by atoms with E-state index in [1.807, 2.05) is 24.3 Å². The van der Waals surface area contributed by atoms with Crippen LogP contribution < -0.4 is 16.4 Å². The van der Waals surface area contributed by atoms with Crippen LogP contribution in [-0.4, -0.2) is 53.4 Å². The first-order chi connectivity index (χ1) is 15.7. The fourth-order valence-electron chi connectivity index (χ4n) is 3.48. The molecule has 1 heterocycles. The summed E-state index contributed by atoms with van der Waals surface area (Å²) in [6.07, 6.45) is -0.256. The normalized spacial score (nSPS) is 14.0. The van der Waals surface area contributed by atoms with Crippen LogP contribution in [0, 0.1) is 11.8 Å². The zero-order valence-corrected chi connectivity index (χ0v) is 18.4. The van der Waals surface area contributed by atoms with E-state index in [2.05, 4.69) is 16.8 Å². The molecule has 33 heavy (non-hydrogen) atoms. The van der Waals surface area contributed by atoms with E-state index in [4.69, 9.17) is 16.6 Å². The molecule has 1 aliphatic rings. The number of likely N-dealkylation sites (N-methyl/N-ethyl adjacent to an activating group) is 1. The Morgan fingerprint density at radius 1 is 1.15 bits per heavy atom. The summed E-state index contributed by atoms with van der Waals surface area (Å²) in [7, 11) is 1.59. The fraction of sp³-hybridized carbons (Fsp3) is 0.250. The highest BCUT2D eigenvalue weighted by molar-refractivity contribution is 6.09. The van der Waals surface area contributed by atoms with Crippen molar-refractivity contribution < 1.29 is 19.5 Å². The van der Waals surface area contributed by atoms with Crippen molar-refractivity contribution in [2.45, 2.75) is 25.9 Å². The Bertz CT molecular complexity index is 1190. The molecule has 9 nitrogen and oxygen atoms in total. The second-order valence-corrected chi connectivity index (χ2v) is 7.76. The third-order valence-corrected chi connectivity index (χ3v) is 5.25. The number of carboxylic acids is 1. The molecule has 0 spiro atoms. The minimum atomic E-state index is -1.04. The first kappa shape index (κ1) is 23.3. The van der Waals surface area contributed by atoms with Gasteiger partial charge in [0.25, 0.3) is 5.91 Å². The van der Waals surface area contributed by atoms with E-state index >= 15 is 0 Å². The van der Waals surface area contributed by atoms with Crippen LogP contribution in [0.15, 0.2) is 47.5 Å². The molecule has 9 heteroatoms. The van der Waals surface area contributed by atoms with Crippen LogP contribution in [0.25, 0.3) is 0 Å². The average Bonchev–Trinajstić information content (AvgIpc) is 2.86. The SMILES string of the molecule is CC(CC(=O)O)N1CC(=O)N(C)c2ccc(C#Cc3cccc(CN=C(N)N)c3)cc2C1=O. The van der Waals surface area contributed by atoms with Crippen molar-refractivity contribution in [3.63, 3.8) is 0 Å². The van der Waals surface area contributed by atoms with Gasteiger partial charge in [0.1, 0.15) is 6.54 Å². The molecule has 0 saturated carbocycles. The van der Waals surface area contributed by atoms with Crippen molar-refractivity contribution in [3.05, 3.63) is 64.7 Å². The highest BCUT2D eigenvalue weighted by Crippen LogP contribution is 2.27. The molecule has 170 valence electrons. The fourth-order valence-corrected chi connectivity index (χ4v) is 3.48. The van der Waals surface area contributed by atoms with E-state index in [1.165, 1.54) is 9.80 Å². The standard InChI is InChI=1S/C24H25N5O4/c1-15(10-22(31)32)29-14-21(30)28(2)20-9-8-17(12-19(20)23(29)33)7-6-16-4-3-5-18(11-16)13-27-24(25)26/h3-5,8-9,11-12,15H,10,13-14H2,1-2H3,(H,31,32)(H4,25,26,27). The Labute approximate surface area is 191 Å². The molecule has 3 rings (SSSR count). The summed E-state index contributed by atoms with van der Waals surface area (Å²) < 4.78 is 0. The van der Waals surface area contributed by atoms with E-state index in [1.54, 1.807) is 32.2 Å². The van der Waals surface area contributed by atoms with Crippen molar-refractivity contribution >= 4 is 29.4 Å². The number of nitrogens with two attached hydrogens (primary N) is 2. The number of rotatable bonds is 5. The summed E-state index contributed by atoms with van der Waals surface area (Å²) in [5.74, 6) is 4.38. The largest absolute Gasteiger partial charge is 0.481 e. The third-order valence-electron chi connectivity index (χ3n) is 5.25. The minimum Gasteiger partial charge on any atom is -0.481 e. The number of amides is 2. The van der Waals surface area contributed by atoms with Gasteiger partial charge in [0.05, 0.1) is 24.2 Å². The van der Waals surface area contributed by atoms with Gasteiger partial charge in [-0.3, -0.25) is 14.4 Å². The van der Waals surface area contributed by atoms with Crippen LogP contribution in [0.3, 0.4) is 0 Å². The molecule has 5 N–H and O–H groups in total. The lowest BCUT2D eigenvalue weighted by Crippen LogP contribution is -2.43. The van der Waals surface area contributed by atoms with Gasteiger partial charge >= 0.3 is 5.97 Å². The van der Waals surface area contributed by atoms with Crippen LogP contribution in [-0.2, 0) is 16.1 Å². The number of carboxylic acid groups (broad SMARTS) is 1. The maximum absolute atomic E-state index is 13.2. The van der Waals surface area contributed by atoms with Crippen LogP contribution in [0.5, 0.6) is 0 Å². The van der Waals surface area contributed by atoms with Crippen LogP contribution >= 0.6 is 0 Å². The molecule has 0 saturated heterocycles. The van der Waals surface area contributed by atoms with Gasteiger partial charge in [-0.15, -0.1) is 0 Å². The molecule has 1 atom stereocenters. The van der Waals surface area contributed by atoms with Gasteiger partial charge in [0, 0.05) is 24.2 Å². The highest BCUT2D eigenvalue weighted by atomic mass is 16.4. The number of guanidine groups is 1. The summed E-state index contributed by atoms with van der Waals surface area (Å²) in [4.78, 5) is 43.6. The van der Waals surface area contributed by atoms with Crippen molar-refractivity contribution in [1.82, 2.24) is 4.90 Å². The Balaban J connectivity index is 1.93. The number of hydrogen-bond acceptors (Lipinski definition) is 4. The Morgan fingerprint density at radius 3 is 2.52 bits per heavy atom. The maximum Gasteiger partial charge on any atom is 0.305 e. The lowest BCUT2D eigenvalue weighted by molar-refractivity contribution is -0.138. The Kier molecular flexibility index (Phi) is 6.98. The molecule has 1 aliphatic heterocycles. The van der Waals surface area contributed by atoms with E-state index in [0.29, 0.717) is 23.4 Å². The number of nitrogens with zero attached hydrogens (tertiary/aromatic N) is 3. The van der Waals surface area contributed by atoms with Gasteiger partial charge in [-0.2, -0.15) is 0 Å². The molecule has 2 amide bonds. The number of anilines is 1. The van der Waals surface area contributed by atoms with Crippen molar-refractivity contribution in [3.8, 4) is 11.8 Å². The van der Waals surface area contributed by atoms with Gasteiger partial charge in [0.2, 0.25) is 5.91 Å². The van der Waals surface area contributed by atoms with E-state index < -0.39 is 17.9 Å². The zero-order chi connectivity index (χ0) is 24.1. The summed E-state index contributed by atoms with van der Waals surface area (Å²) in [5.41, 5.74) is 13.8. The summed E-state index contributed by atoms with van der Waals surface area (Å²) >= 11 is 0. The third kappa shape index (κ3) is 5.68. The maximum atomic E-state index is 13.2. The van der Waals surface area contributed by atoms with E-state index in [9.17, 15) is 14.4 Å². The topological polar surface area (TPSA) is 142 Å². The van der Waals surface area contributed by atoms with Gasteiger partial charge < -0.3 is 26.4 Å². The van der Waals surface area contributed by atoms with Crippen molar-refractivity contribution in [2.75, 3.05) is 18.5 Å². The first-order valence-corrected chi connectivity index (χ1v) is 10.3. The molecule has 0 aromatic heterocycles. The summed E-state index contributed by atoms with van der Waals surface area (Å²) in [6.45, 7) is 1.77. The van der Waals surface area contributed by atoms with Crippen molar-refractivity contribution in [1.29, 1.82) is 0 Å². The number of aliphatic carboxylic acids is 1. The molecule has 2 aromatic rings. The average molecular weight is 447 g/mol. The summed E-state index contributed by atoms with van der Waals surface area (Å²) in [5, 5.41) is 9.12. The first-order valence-electron chi connectivity index (χ1n) is 10.3. The lowest BCUT2D eigenvalue weighted by Gasteiger charge is -2.26. The molecule has 0 bridgehead atoms. The van der Waals surface area contributed by atoms with Crippen LogP contribution in [0.2, 0.25) is 0 Å². The molecule has 0 fully saturated rings. The van der Waals surface area contributed by atoms with E-state index in [0.717, 1.165) is 11.1 Å². The van der Waals surface area contributed by atoms with Crippen molar-refractivity contribution in [2.24, 2.45) is 16.5 Å². The second-order valence-electron chi connectivity index (χ2n) is 7.76. The van der Waals surface area contributed by atoms with Gasteiger partial charge in [0.15, 0.2) is 5.96 Å². The smallest absolute Gasteiger partial charge is 0.305 e. The molecule has 2 aromatic carbocycles. The number of carbonyl (C=O) groups excluding carboxylic acids is 2.